The van der Waals surface area contributed by atoms with Gasteiger partial charge < -0.3 is 16.0 Å². The van der Waals surface area contributed by atoms with E-state index in [0.717, 1.165) is 51.5 Å². The summed E-state index contributed by atoms with van der Waals surface area (Å²) in [5.41, 5.74) is 6.03. The van der Waals surface area contributed by atoms with E-state index in [1.165, 1.54) is 12.8 Å². The number of halogens is 1. The normalized spacial score (nSPS) is 23.5. The molecule has 2 fully saturated rings. The molecule has 2 saturated heterocycles. The number of nitrogens with two attached hydrogens (primary N) is 1. The zero-order chi connectivity index (χ0) is 18.4. The first-order valence-corrected chi connectivity index (χ1v) is 9.81. The molecule has 0 aromatic rings. The summed E-state index contributed by atoms with van der Waals surface area (Å²) in [5.74, 6) is 2.14. The Morgan fingerprint density at radius 3 is 2.42 bits per heavy atom. The van der Waals surface area contributed by atoms with Crippen LogP contribution in [0, 0.1) is 11.8 Å². The average Bonchev–Trinajstić information content (AvgIpc) is 2.52. The van der Waals surface area contributed by atoms with Crippen LogP contribution in [0.3, 0.4) is 0 Å². The number of aliphatic imine (C=N–C) groups is 1. The van der Waals surface area contributed by atoms with E-state index in [-0.39, 0.29) is 35.4 Å². The molecule has 0 aliphatic carbocycles. The van der Waals surface area contributed by atoms with Crippen molar-refractivity contribution in [2.45, 2.75) is 58.9 Å². The second-order valence-corrected chi connectivity index (χ2v) is 8.91. The van der Waals surface area contributed by atoms with Crippen molar-refractivity contribution in [3.05, 3.63) is 0 Å². The van der Waals surface area contributed by atoms with E-state index in [9.17, 15) is 4.79 Å². The monoisotopic (exact) mass is 479 g/mol. The van der Waals surface area contributed by atoms with Crippen LogP contribution in [0.2, 0.25) is 0 Å². The number of piperidine rings is 2. The molecule has 6 nitrogen and oxygen atoms in total. The fourth-order valence-corrected chi connectivity index (χ4v) is 3.71. The maximum atomic E-state index is 12.0. The Kier molecular flexibility index (Phi) is 9.64. The molecule has 2 aliphatic heterocycles. The third-order valence-corrected chi connectivity index (χ3v) is 5.08. The Morgan fingerprint density at radius 1 is 1.19 bits per heavy atom. The zero-order valence-electron chi connectivity index (χ0n) is 17.0. The minimum atomic E-state index is -0.159. The first-order valence-electron chi connectivity index (χ1n) is 9.81. The van der Waals surface area contributed by atoms with Gasteiger partial charge in [-0.3, -0.25) is 14.7 Å². The summed E-state index contributed by atoms with van der Waals surface area (Å²) in [7, 11) is 0. The van der Waals surface area contributed by atoms with Crippen LogP contribution in [0.25, 0.3) is 0 Å². The molecule has 1 unspecified atom stereocenters. The quantitative estimate of drug-likeness (QED) is 0.369. The smallest absolute Gasteiger partial charge is 0.234 e. The summed E-state index contributed by atoms with van der Waals surface area (Å²) in [6.07, 6.45) is 4.70. The highest BCUT2D eigenvalue weighted by atomic mass is 127. The van der Waals surface area contributed by atoms with Crippen LogP contribution in [0.4, 0.5) is 0 Å². The highest BCUT2D eigenvalue weighted by molar-refractivity contribution is 14.0. The lowest BCUT2D eigenvalue weighted by atomic mass is 9.97. The van der Waals surface area contributed by atoms with Crippen molar-refractivity contribution in [2.75, 3.05) is 39.3 Å². The van der Waals surface area contributed by atoms with Crippen molar-refractivity contribution in [2.24, 2.45) is 22.6 Å². The molecule has 0 spiro atoms. The van der Waals surface area contributed by atoms with E-state index in [1.54, 1.807) is 0 Å². The summed E-state index contributed by atoms with van der Waals surface area (Å²) in [5, 5.41) is 3.03. The van der Waals surface area contributed by atoms with Gasteiger partial charge in [-0.05, 0) is 71.4 Å². The number of nitrogens with one attached hydrogen (secondary N) is 1. The molecule has 2 rings (SSSR count). The van der Waals surface area contributed by atoms with Gasteiger partial charge in [-0.2, -0.15) is 0 Å². The van der Waals surface area contributed by atoms with Gasteiger partial charge in [0.2, 0.25) is 5.91 Å². The van der Waals surface area contributed by atoms with Gasteiger partial charge in [-0.1, -0.05) is 6.92 Å². The van der Waals surface area contributed by atoms with E-state index >= 15 is 0 Å². The second kappa shape index (κ2) is 10.7. The van der Waals surface area contributed by atoms with Gasteiger partial charge in [-0.15, -0.1) is 24.0 Å². The lowest BCUT2D eigenvalue weighted by Crippen LogP contribution is -2.47. The summed E-state index contributed by atoms with van der Waals surface area (Å²) >= 11 is 0. The number of carbonyl (C=O) groups is 1. The zero-order valence-corrected chi connectivity index (χ0v) is 19.3. The molecule has 0 aromatic carbocycles. The molecule has 2 aliphatic rings. The van der Waals surface area contributed by atoms with Crippen molar-refractivity contribution in [3.63, 3.8) is 0 Å². The van der Waals surface area contributed by atoms with Crippen LogP contribution in [0.1, 0.15) is 53.4 Å². The summed E-state index contributed by atoms with van der Waals surface area (Å²) in [6, 6.07) is 0. The molecule has 0 aromatic heterocycles. The minimum absolute atomic E-state index is 0. The van der Waals surface area contributed by atoms with Crippen LogP contribution in [-0.2, 0) is 4.79 Å². The Morgan fingerprint density at radius 2 is 1.85 bits per heavy atom. The van der Waals surface area contributed by atoms with Gasteiger partial charge in [-0.25, -0.2) is 0 Å². The molecule has 1 atom stereocenters. The van der Waals surface area contributed by atoms with E-state index < -0.39 is 0 Å². The molecular formula is C19H38IN5O. The molecule has 0 bridgehead atoms. The topological polar surface area (TPSA) is 74.0 Å². The van der Waals surface area contributed by atoms with Crippen molar-refractivity contribution in [3.8, 4) is 0 Å². The number of guanidine groups is 1. The standard InChI is InChI=1S/C19H37N5O.HI/c1-15-6-5-9-24(13-15)18(20)21-12-16-7-10-23(11-8-16)14-17(25)22-19(2,3)4;/h15-16H,5-14H2,1-4H3,(H2,20,21)(H,22,25);1H. The summed E-state index contributed by atoms with van der Waals surface area (Å²) < 4.78 is 0. The molecule has 26 heavy (non-hydrogen) atoms. The third-order valence-electron chi connectivity index (χ3n) is 5.08. The van der Waals surface area contributed by atoms with E-state index in [0.29, 0.717) is 18.4 Å². The van der Waals surface area contributed by atoms with E-state index in [4.69, 9.17) is 5.73 Å². The Bertz CT molecular complexity index is 469. The maximum absolute atomic E-state index is 12.0. The summed E-state index contributed by atoms with van der Waals surface area (Å²) in [4.78, 5) is 21.2. The number of hydrogen-bond acceptors (Lipinski definition) is 3. The predicted molar refractivity (Wildman–Crippen MR) is 119 cm³/mol. The molecule has 152 valence electrons. The van der Waals surface area contributed by atoms with Gasteiger partial charge in [0, 0.05) is 25.2 Å². The Labute approximate surface area is 176 Å². The average molecular weight is 479 g/mol. The number of carbonyl (C=O) groups excluding carboxylic acids is 1. The van der Waals surface area contributed by atoms with Gasteiger partial charge in [0.1, 0.15) is 0 Å². The maximum Gasteiger partial charge on any atom is 0.234 e. The molecule has 7 heteroatoms. The fourth-order valence-electron chi connectivity index (χ4n) is 3.71. The molecule has 0 radical (unpaired) electrons. The van der Waals surface area contributed by atoms with Gasteiger partial charge in [0.15, 0.2) is 5.96 Å². The summed E-state index contributed by atoms with van der Waals surface area (Å²) in [6.45, 7) is 13.7. The largest absolute Gasteiger partial charge is 0.370 e. The van der Waals surface area contributed by atoms with Crippen LogP contribution in [0.5, 0.6) is 0 Å². The molecule has 2 heterocycles. The highest BCUT2D eigenvalue weighted by Crippen LogP contribution is 2.18. The lowest BCUT2D eigenvalue weighted by Gasteiger charge is -2.33. The first kappa shape index (κ1) is 23.5. The number of likely N-dealkylation sites (tertiary alicyclic amines) is 2. The van der Waals surface area contributed by atoms with E-state index in [1.807, 2.05) is 20.8 Å². The predicted octanol–water partition coefficient (Wildman–Crippen LogP) is 2.28. The molecule has 1 amide bonds. The fraction of sp³-hybridized carbons (Fsp3) is 0.895. The van der Waals surface area contributed by atoms with Crippen LogP contribution in [0.15, 0.2) is 4.99 Å². The molecular weight excluding hydrogens is 441 g/mol. The van der Waals surface area contributed by atoms with Gasteiger partial charge >= 0.3 is 0 Å². The highest BCUT2D eigenvalue weighted by Gasteiger charge is 2.23. The van der Waals surface area contributed by atoms with Gasteiger partial charge in [0.05, 0.1) is 6.54 Å². The van der Waals surface area contributed by atoms with Crippen molar-refractivity contribution < 1.29 is 4.79 Å². The lowest BCUT2D eigenvalue weighted by molar-refractivity contribution is -0.124. The van der Waals surface area contributed by atoms with Crippen LogP contribution < -0.4 is 11.1 Å². The van der Waals surface area contributed by atoms with Gasteiger partial charge in [0.25, 0.3) is 0 Å². The van der Waals surface area contributed by atoms with Crippen LogP contribution >= 0.6 is 24.0 Å². The van der Waals surface area contributed by atoms with Crippen LogP contribution in [-0.4, -0.2) is 66.5 Å². The first-order chi connectivity index (χ1) is 11.7. The molecule has 0 saturated carbocycles. The SMILES string of the molecule is CC1CCCN(C(N)=NCC2CCN(CC(=O)NC(C)(C)C)CC2)C1.I. The molecule has 3 N–H and O–H groups in total. The number of hydrogen-bond donors (Lipinski definition) is 2. The minimum Gasteiger partial charge on any atom is -0.370 e. The second-order valence-electron chi connectivity index (χ2n) is 8.91. The Balaban J connectivity index is 0.00000338. The Hall–Kier alpha value is -0.570. The van der Waals surface area contributed by atoms with Crippen molar-refractivity contribution in [1.29, 1.82) is 0 Å². The van der Waals surface area contributed by atoms with E-state index in [2.05, 4.69) is 27.0 Å². The van der Waals surface area contributed by atoms with Crippen molar-refractivity contribution >= 4 is 35.8 Å². The number of rotatable bonds is 4. The van der Waals surface area contributed by atoms with Crippen molar-refractivity contribution in [1.82, 2.24) is 15.1 Å². The number of nitrogens with zero attached hydrogens (tertiary/aromatic N) is 3. The number of amides is 1. The third kappa shape index (κ3) is 8.41.